The zero-order valence-electron chi connectivity index (χ0n) is 12.3. The van der Waals surface area contributed by atoms with Gasteiger partial charge in [-0.05, 0) is 43.3 Å². The maximum absolute atomic E-state index is 11.5. The fourth-order valence-electron chi connectivity index (χ4n) is 1.68. The molecule has 0 aliphatic carbocycles. The van der Waals surface area contributed by atoms with Crippen molar-refractivity contribution in [2.45, 2.75) is 6.92 Å². The van der Waals surface area contributed by atoms with E-state index in [0.717, 1.165) is 0 Å². The molecular weight excluding hydrogens is 300 g/mol. The van der Waals surface area contributed by atoms with Gasteiger partial charge in [-0.2, -0.15) is 0 Å². The molecular formula is C15H14N4O4. The van der Waals surface area contributed by atoms with Crippen LogP contribution in [0, 0.1) is 10.1 Å². The van der Waals surface area contributed by atoms with E-state index in [1.54, 1.807) is 31.2 Å². The Morgan fingerprint density at radius 1 is 1.17 bits per heavy atom. The van der Waals surface area contributed by atoms with Crippen molar-refractivity contribution in [1.82, 2.24) is 0 Å². The summed E-state index contributed by atoms with van der Waals surface area (Å²) in [6.45, 7) is 2.06. The van der Waals surface area contributed by atoms with E-state index in [4.69, 9.17) is 4.74 Å². The molecule has 2 aromatic carbocycles. The summed E-state index contributed by atoms with van der Waals surface area (Å²) in [5.74, 6) is -0.383. The summed E-state index contributed by atoms with van der Waals surface area (Å²) in [7, 11) is 0. The number of carbonyl (C=O) groups is 1. The van der Waals surface area contributed by atoms with Crippen LogP contribution in [0.4, 0.5) is 17.1 Å². The number of nitrogens with zero attached hydrogens (tertiary/aromatic N) is 3. The Morgan fingerprint density at radius 3 is 2.39 bits per heavy atom. The molecule has 0 saturated heterocycles. The van der Waals surface area contributed by atoms with Gasteiger partial charge in [-0.1, -0.05) is 5.22 Å². The Kier molecular flexibility index (Phi) is 5.35. The van der Waals surface area contributed by atoms with Gasteiger partial charge in [0.2, 0.25) is 0 Å². The maximum Gasteiger partial charge on any atom is 0.338 e. The van der Waals surface area contributed by atoms with E-state index in [1.165, 1.54) is 24.3 Å². The standard InChI is InChI=1S/C15H14N4O4/c1-2-23-15(20)11-3-5-12(6-4-11)16-18-17-13-7-9-14(10-8-13)19(21)22/h3-10H,2H2,1H3,(H,16,17). The van der Waals surface area contributed by atoms with Crippen LogP contribution < -0.4 is 5.43 Å². The monoisotopic (exact) mass is 314 g/mol. The first-order chi connectivity index (χ1) is 11.1. The van der Waals surface area contributed by atoms with E-state index < -0.39 is 4.92 Å². The van der Waals surface area contributed by atoms with Gasteiger partial charge in [-0.15, -0.1) is 5.11 Å². The number of nitro benzene ring substituents is 1. The lowest BCUT2D eigenvalue weighted by atomic mass is 10.2. The number of rotatable bonds is 6. The SMILES string of the molecule is CCOC(=O)c1ccc(NN=Nc2ccc([N+](=O)[O-])cc2)cc1. The topological polar surface area (TPSA) is 106 Å². The molecule has 0 heterocycles. The van der Waals surface area contributed by atoms with Crippen LogP contribution in [0.2, 0.25) is 0 Å². The molecule has 8 heteroatoms. The molecule has 118 valence electrons. The second-order valence-corrected chi connectivity index (χ2v) is 4.38. The van der Waals surface area contributed by atoms with Crippen molar-refractivity contribution in [2.24, 2.45) is 10.3 Å². The number of carbonyl (C=O) groups excluding carboxylic acids is 1. The zero-order valence-corrected chi connectivity index (χ0v) is 12.3. The Hall–Kier alpha value is -3.29. The van der Waals surface area contributed by atoms with Crippen LogP contribution in [-0.4, -0.2) is 17.5 Å². The predicted molar refractivity (Wildman–Crippen MR) is 83.6 cm³/mol. The van der Waals surface area contributed by atoms with E-state index in [1.807, 2.05) is 0 Å². The molecule has 0 atom stereocenters. The molecule has 0 aliphatic heterocycles. The molecule has 0 bridgehead atoms. The van der Waals surface area contributed by atoms with Crippen LogP contribution in [0.1, 0.15) is 17.3 Å². The van der Waals surface area contributed by atoms with Crippen LogP contribution in [-0.2, 0) is 4.74 Å². The van der Waals surface area contributed by atoms with Crippen molar-refractivity contribution in [3.63, 3.8) is 0 Å². The lowest BCUT2D eigenvalue weighted by Gasteiger charge is -2.03. The molecule has 0 radical (unpaired) electrons. The van der Waals surface area contributed by atoms with Crippen LogP contribution in [0.15, 0.2) is 58.9 Å². The number of nitrogens with one attached hydrogen (secondary N) is 1. The van der Waals surface area contributed by atoms with E-state index >= 15 is 0 Å². The largest absolute Gasteiger partial charge is 0.462 e. The van der Waals surface area contributed by atoms with Gasteiger partial charge in [0.15, 0.2) is 0 Å². The van der Waals surface area contributed by atoms with E-state index in [-0.39, 0.29) is 11.7 Å². The molecule has 0 saturated carbocycles. The molecule has 8 nitrogen and oxygen atoms in total. The third-order valence-electron chi connectivity index (χ3n) is 2.80. The fourth-order valence-corrected chi connectivity index (χ4v) is 1.68. The predicted octanol–water partition coefficient (Wildman–Crippen LogP) is 3.88. The van der Waals surface area contributed by atoms with Gasteiger partial charge in [-0.25, -0.2) is 4.79 Å². The van der Waals surface area contributed by atoms with Crippen molar-refractivity contribution < 1.29 is 14.5 Å². The van der Waals surface area contributed by atoms with Crippen molar-refractivity contribution in [2.75, 3.05) is 12.0 Å². The Balaban J connectivity index is 1.94. The lowest BCUT2D eigenvalue weighted by molar-refractivity contribution is -0.384. The van der Waals surface area contributed by atoms with Gasteiger partial charge < -0.3 is 4.74 Å². The van der Waals surface area contributed by atoms with Gasteiger partial charge in [-0.3, -0.25) is 15.5 Å². The maximum atomic E-state index is 11.5. The number of benzene rings is 2. The van der Waals surface area contributed by atoms with Crippen molar-refractivity contribution in [3.8, 4) is 0 Å². The van der Waals surface area contributed by atoms with Gasteiger partial charge in [0, 0.05) is 12.1 Å². The molecule has 0 aromatic heterocycles. The summed E-state index contributed by atoms with van der Waals surface area (Å²) >= 11 is 0. The molecule has 0 aliphatic rings. The zero-order chi connectivity index (χ0) is 16.7. The molecule has 0 amide bonds. The molecule has 0 unspecified atom stereocenters. The second-order valence-electron chi connectivity index (χ2n) is 4.38. The quantitative estimate of drug-likeness (QED) is 0.377. The number of hydrogen-bond acceptors (Lipinski definition) is 6. The number of nitro groups is 1. The Labute approximate surface area is 131 Å². The molecule has 1 N–H and O–H groups in total. The fraction of sp³-hybridized carbons (Fsp3) is 0.133. The first kappa shape index (κ1) is 16.1. The minimum Gasteiger partial charge on any atom is -0.462 e. The van der Waals surface area contributed by atoms with Crippen molar-refractivity contribution >= 4 is 23.0 Å². The summed E-state index contributed by atoms with van der Waals surface area (Å²) in [6.07, 6.45) is 0. The minimum atomic E-state index is -0.482. The highest BCUT2D eigenvalue weighted by atomic mass is 16.6. The average Bonchev–Trinajstić information content (AvgIpc) is 2.56. The molecule has 2 rings (SSSR count). The van der Waals surface area contributed by atoms with Gasteiger partial charge in [0.25, 0.3) is 5.69 Å². The smallest absolute Gasteiger partial charge is 0.338 e. The molecule has 0 fully saturated rings. The number of anilines is 1. The Bertz CT molecular complexity index is 711. The molecule has 0 spiro atoms. The van der Waals surface area contributed by atoms with E-state index in [9.17, 15) is 14.9 Å². The highest BCUT2D eigenvalue weighted by Crippen LogP contribution is 2.18. The van der Waals surface area contributed by atoms with Gasteiger partial charge >= 0.3 is 5.97 Å². The van der Waals surface area contributed by atoms with Crippen LogP contribution in [0.5, 0.6) is 0 Å². The van der Waals surface area contributed by atoms with Crippen LogP contribution in [0.25, 0.3) is 0 Å². The summed E-state index contributed by atoms with van der Waals surface area (Å²) < 4.78 is 4.88. The Morgan fingerprint density at radius 2 is 1.83 bits per heavy atom. The highest BCUT2D eigenvalue weighted by Gasteiger charge is 2.05. The summed E-state index contributed by atoms with van der Waals surface area (Å²) in [5, 5.41) is 18.2. The highest BCUT2D eigenvalue weighted by molar-refractivity contribution is 5.89. The number of ether oxygens (including phenoxy) is 1. The first-order valence-electron chi connectivity index (χ1n) is 6.78. The summed E-state index contributed by atoms with van der Waals surface area (Å²) in [5.41, 5.74) is 4.26. The summed E-state index contributed by atoms with van der Waals surface area (Å²) in [4.78, 5) is 21.6. The van der Waals surface area contributed by atoms with Crippen LogP contribution >= 0.6 is 0 Å². The van der Waals surface area contributed by atoms with E-state index in [2.05, 4.69) is 15.8 Å². The third kappa shape index (κ3) is 4.60. The first-order valence-corrected chi connectivity index (χ1v) is 6.78. The van der Waals surface area contributed by atoms with Crippen LogP contribution in [0.3, 0.4) is 0 Å². The lowest BCUT2D eigenvalue weighted by Crippen LogP contribution is -2.04. The number of esters is 1. The van der Waals surface area contributed by atoms with Crippen molar-refractivity contribution in [3.05, 3.63) is 64.2 Å². The third-order valence-corrected chi connectivity index (χ3v) is 2.80. The van der Waals surface area contributed by atoms with E-state index in [0.29, 0.717) is 23.5 Å². The summed E-state index contributed by atoms with van der Waals surface area (Å²) in [6, 6.07) is 12.2. The average molecular weight is 314 g/mol. The molecule has 2 aromatic rings. The minimum absolute atomic E-state index is 0.00790. The second kappa shape index (κ2) is 7.64. The number of hydrogen-bond donors (Lipinski definition) is 1. The molecule has 23 heavy (non-hydrogen) atoms. The number of non-ortho nitro benzene ring substituents is 1. The van der Waals surface area contributed by atoms with Crippen molar-refractivity contribution in [1.29, 1.82) is 0 Å². The normalized spacial score (nSPS) is 10.5. The van der Waals surface area contributed by atoms with Gasteiger partial charge in [0.05, 0.1) is 28.5 Å². The van der Waals surface area contributed by atoms with Gasteiger partial charge in [0.1, 0.15) is 0 Å².